The second kappa shape index (κ2) is 7.16. The van der Waals surface area contributed by atoms with Gasteiger partial charge in [0.05, 0.1) is 0 Å². The molecule has 0 spiro atoms. The van der Waals surface area contributed by atoms with E-state index in [0.29, 0.717) is 35.8 Å². The van der Waals surface area contributed by atoms with Crippen molar-refractivity contribution in [3.8, 4) is 0 Å². The van der Waals surface area contributed by atoms with E-state index < -0.39 is 10.8 Å². The fourth-order valence-electron chi connectivity index (χ4n) is 9.14. The van der Waals surface area contributed by atoms with Crippen molar-refractivity contribution in [3.63, 3.8) is 0 Å². The first-order valence-corrected chi connectivity index (χ1v) is 12.6. The Morgan fingerprint density at radius 3 is 2.50 bits per heavy atom. The summed E-state index contributed by atoms with van der Waals surface area (Å²) in [4.78, 5) is 15.8. The highest BCUT2D eigenvalue weighted by Gasteiger charge is 2.66. The Kier molecular flexibility index (Phi) is 5.06. The third kappa shape index (κ3) is 3.03. The third-order valence-corrected chi connectivity index (χ3v) is 10.8. The van der Waals surface area contributed by atoms with Crippen LogP contribution in [0.15, 0.2) is 11.6 Å². The van der Waals surface area contributed by atoms with Gasteiger partial charge in [0.2, 0.25) is 5.72 Å². The van der Waals surface area contributed by atoms with Crippen LogP contribution in [0.1, 0.15) is 86.0 Å². The molecule has 1 aliphatic heterocycles. The molecule has 4 aliphatic carbocycles. The lowest BCUT2D eigenvalue weighted by Gasteiger charge is -2.59. The van der Waals surface area contributed by atoms with Gasteiger partial charge >= 0.3 is 0 Å². The number of fused-ring (bicyclic) bond motifs is 5. The lowest BCUT2D eigenvalue weighted by Crippen LogP contribution is -3.21. The van der Waals surface area contributed by atoms with Gasteiger partial charge in [0, 0.05) is 12.8 Å². The van der Waals surface area contributed by atoms with Gasteiger partial charge in [-0.3, -0.25) is 0 Å². The molecular formula is C25H40N2O5. The van der Waals surface area contributed by atoms with E-state index in [1.165, 1.54) is 18.4 Å². The standard InChI is InChI=1S/C25H40N2O5/c1-22(2)15-31-25(5,26(22)28)21-9-8-19-18-7-6-16-14-17(32-27(29)30)10-12-23(16,3)20(18)11-13-24(19,21)4/h6,17-21,26H,7-15H2,1-5H3/t17?,18?,19?,20?,21-,23-,24-,25?/m0/s1. The maximum Gasteiger partial charge on any atom is 0.294 e. The van der Waals surface area contributed by atoms with Crippen molar-refractivity contribution >= 4 is 0 Å². The molecule has 0 aromatic heterocycles. The number of hydrogen-bond donors (Lipinski definition) is 1. The van der Waals surface area contributed by atoms with Gasteiger partial charge < -0.3 is 19.8 Å². The SMILES string of the molecule is CC1(C)COC(C)([C@H]2CCC3C4CC=C5CC(O[N+](=O)[O-])CC[C@]5(C)C4CC[C@@]32C)[NH+]1[O-]. The van der Waals surface area contributed by atoms with Crippen LogP contribution in [0.4, 0.5) is 0 Å². The quantitative estimate of drug-likeness (QED) is 0.304. The first-order valence-electron chi connectivity index (χ1n) is 12.6. The van der Waals surface area contributed by atoms with Crippen LogP contribution in [0.3, 0.4) is 0 Å². The molecule has 5 aliphatic rings. The maximum absolute atomic E-state index is 13.4. The van der Waals surface area contributed by atoms with Crippen LogP contribution in [0.25, 0.3) is 0 Å². The summed E-state index contributed by atoms with van der Waals surface area (Å²) in [7, 11) is 0. The predicted octanol–water partition coefficient (Wildman–Crippen LogP) is 4.05. The zero-order valence-corrected chi connectivity index (χ0v) is 20.3. The Hall–Kier alpha value is -1.18. The van der Waals surface area contributed by atoms with Crippen LogP contribution in [0.2, 0.25) is 0 Å². The minimum atomic E-state index is -0.655. The number of ether oxygens (including phenoxy) is 1. The number of nitrogens with one attached hydrogen (secondary N) is 1. The minimum absolute atomic E-state index is 0.129. The highest BCUT2D eigenvalue weighted by Crippen LogP contribution is 2.67. The lowest BCUT2D eigenvalue weighted by molar-refractivity contribution is -0.953. The molecule has 0 amide bonds. The molecule has 180 valence electrons. The molecule has 4 fully saturated rings. The van der Waals surface area contributed by atoms with Gasteiger partial charge in [-0.1, -0.05) is 25.5 Å². The molecule has 0 aromatic carbocycles. The van der Waals surface area contributed by atoms with Crippen molar-refractivity contribution in [2.24, 2.45) is 34.5 Å². The van der Waals surface area contributed by atoms with E-state index in [-0.39, 0.29) is 28.4 Å². The van der Waals surface area contributed by atoms with E-state index in [1.54, 1.807) is 0 Å². The fraction of sp³-hybridized carbons (Fsp3) is 0.920. The summed E-state index contributed by atoms with van der Waals surface area (Å²) in [6, 6.07) is 0. The van der Waals surface area contributed by atoms with E-state index in [1.807, 2.05) is 13.8 Å². The highest BCUT2D eigenvalue weighted by atomic mass is 17.0. The Morgan fingerprint density at radius 2 is 1.84 bits per heavy atom. The second-order valence-corrected chi connectivity index (χ2v) is 12.7. The molecule has 32 heavy (non-hydrogen) atoms. The van der Waals surface area contributed by atoms with E-state index >= 15 is 0 Å². The van der Waals surface area contributed by atoms with Gasteiger partial charge in [0.1, 0.15) is 18.2 Å². The molecule has 5 rings (SSSR count). The molecule has 1 saturated heterocycles. The average molecular weight is 449 g/mol. The molecule has 6 unspecified atom stereocenters. The largest absolute Gasteiger partial charge is 0.632 e. The average Bonchev–Trinajstić information content (AvgIpc) is 3.18. The summed E-state index contributed by atoms with van der Waals surface area (Å²) in [6.07, 6.45) is 10.2. The lowest BCUT2D eigenvalue weighted by atomic mass is 9.47. The molecule has 7 heteroatoms. The molecule has 9 atom stereocenters. The van der Waals surface area contributed by atoms with Gasteiger partial charge in [-0.15, -0.1) is 10.1 Å². The Labute approximate surface area is 191 Å². The summed E-state index contributed by atoms with van der Waals surface area (Å²) >= 11 is 0. The van der Waals surface area contributed by atoms with Crippen LogP contribution in [0.5, 0.6) is 0 Å². The van der Waals surface area contributed by atoms with Crippen molar-refractivity contribution in [1.82, 2.24) is 0 Å². The van der Waals surface area contributed by atoms with Crippen molar-refractivity contribution < 1.29 is 19.7 Å². The monoisotopic (exact) mass is 448 g/mol. The van der Waals surface area contributed by atoms with Gasteiger partial charge in [0.25, 0.3) is 5.09 Å². The molecule has 7 nitrogen and oxygen atoms in total. The summed E-state index contributed by atoms with van der Waals surface area (Å²) in [5, 5.41) is 23.9. The van der Waals surface area contributed by atoms with Crippen LogP contribution >= 0.6 is 0 Å². The molecule has 3 saturated carbocycles. The Balaban J connectivity index is 1.40. The summed E-state index contributed by atoms with van der Waals surface area (Å²) in [5.41, 5.74) is 0.611. The highest BCUT2D eigenvalue weighted by molar-refractivity contribution is 5.25. The van der Waals surface area contributed by atoms with Gasteiger partial charge in [0.15, 0.2) is 0 Å². The topological polar surface area (TPSA) is 89.1 Å². The number of allylic oxidation sites excluding steroid dienone is 1. The number of hydrogen-bond acceptors (Lipinski definition) is 5. The minimum Gasteiger partial charge on any atom is -0.632 e. The summed E-state index contributed by atoms with van der Waals surface area (Å²) < 4.78 is 6.32. The smallest absolute Gasteiger partial charge is 0.294 e. The molecule has 0 aromatic rings. The van der Waals surface area contributed by atoms with Crippen LogP contribution in [-0.4, -0.2) is 29.1 Å². The Bertz CT molecular complexity index is 829. The van der Waals surface area contributed by atoms with E-state index in [0.717, 1.165) is 32.1 Å². The number of nitrogens with zero attached hydrogens (tertiary/aromatic N) is 1. The number of hydroxylamine groups is 2. The van der Waals surface area contributed by atoms with Crippen LogP contribution < -0.4 is 5.06 Å². The normalized spacial score (nSPS) is 51.9. The predicted molar refractivity (Wildman–Crippen MR) is 120 cm³/mol. The van der Waals surface area contributed by atoms with Crippen molar-refractivity contribution in [2.75, 3.05) is 6.61 Å². The summed E-state index contributed by atoms with van der Waals surface area (Å²) in [6.45, 7) is 11.5. The van der Waals surface area contributed by atoms with E-state index in [2.05, 4.69) is 26.8 Å². The zero-order valence-electron chi connectivity index (χ0n) is 20.3. The fourth-order valence-corrected chi connectivity index (χ4v) is 9.14. The molecule has 1 heterocycles. The molecule has 1 N–H and O–H groups in total. The molecular weight excluding hydrogens is 408 g/mol. The van der Waals surface area contributed by atoms with Gasteiger partial charge in [-0.2, -0.15) is 0 Å². The van der Waals surface area contributed by atoms with Crippen molar-refractivity contribution in [3.05, 3.63) is 27.0 Å². The first kappa shape index (κ1) is 22.6. The van der Waals surface area contributed by atoms with E-state index in [9.17, 15) is 15.3 Å². The van der Waals surface area contributed by atoms with Gasteiger partial charge in [-0.25, -0.2) is 0 Å². The van der Waals surface area contributed by atoms with Crippen molar-refractivity contribution in [1.29, 1.82) is 0 Å². The zero-order chi connectivity index (χ0) is 23.1. The Morgan fingerprint density at radius 1 is 1.09 bits per heavy atom. The number of quaternary nitrogens is 1. The van der Waals surface area contributed by atoms with Crippen LogP contribution in [0, 0.1) is 49.8 Å². The number of rotatable bonds is 3. The molecule has 0 bridgehead atoms. The van der Waals surface area contributed by atoms with Crippen LogP contribution in [-0.2, 0) is 9.57 Å². The van der Waals surface area contributed by atoms with Crippen molar-refractivity contribution in [2.45, 2.75) is 103 Å². The van der Waals surface area contributed by atoms with E-state index in [4.69, 9.17) is 9.57 Å². The third-order valence-electron chi connectivity index (χ3n) is 10.8. The molecule has 0 radical (unpaired) electrons. The second-order valence-electron chi connectivity index (χ2n) is 12.7. The van der Waals surface area contributed by atoms with Gasteiger partial charge in [-0.05, 0) is 93.8 Å². The maximum atomic E-state index is 13.4. The first-order chi connectivity index (χ1) is 14.9. The summed E-state index contributed by atoms with van der Waals surface area (Å²) in [5.74, 6) is 2.16.